The van der Waals surface area contributed by atoms with Gasteiger partial charge in [0, 0.05) is 10.1 Å². The second kappa shape index (κ2) is 10.9. The normalized spacial score (nSPS) is 14.5. The van der Waals surface area contributed by atoms with E-state index in [1.807, 2.05) is 84.9 Å². The van der Waals surface area contributed by atoms with E-state index in [2.05, 4.69) is 6.92 Å². The van der Waals surface area contributed by atoms with Crippen LogP contribution in [0.25, 0.3) is 0 Å². The molecule has 0 spiro atoms. The highest BCUT2D eigenvalue weighted by Gasteiger charge is 2.61. The maximum absolute atomic E-state index is 13.2. The summed E-state index contributed by atoms with van der Waals surface area (Å²) in [6.45, 7) is 2.13. The maximum Gasteiger partial charge on any atom is 0.322 e. The number of benzene rings is 3. The van der Waals surface area contributed by atoms with E-state index in [4.69, 9.17) is 37.9 Å². The van der Waals surface area contributed by atoms with Crippen molar-refractivity contribution in [3.8, 4) is 0 Å². The smallest absolute Gasteiger partial charge is 0.322 e. The number of carbonyl (C=O) groups is 1. The topological polar surface area (TPSA) is 37.3 Å². The van der Waals surface area contributed by atoms with Crippen LogP contribution in [0.2, 0.25) is 0 Å². The van der Waals surface area contributed by atoms with Crippen molar-refractivity contribution in [2.45, 2.75) is 52.9 Å². The summed E-state index contributed by atoms with van der Waals surface area (Å²) in [4.78, 5) is 13.9. The third-order valence-corrected chi connectivity index (χ3v) is 8.26. The monoisotopic (exact) mass is 482 g/mol. The molecule has 168 valence electrons. The van der Waals surface area contributed by atoms with Crippen molar-refractivity contribution in [2.75, 3.05) is 0 Å². The third-order valence-electron chi connectivity index (χ3n) is 6.18. The van der Waals surface area contributed by atoms with Crippen LogP contribution in [0.4, 0.5) is 0 Å². The van der Waals surface area contributed by atoms with Crippen LogP contribution in [-0.4, -0.2) is 21.1 Å². The fourth-order valence-corrected chi connectivity index (χ4v) is 5.96. The minimum atomic E-state index is -1.55. The third kappa shape index (κ3) is 4.35. The number of thiol groups is 3. The molecule has 0 radical (unpaired) electrons. The summed E-state index contributed by atoms with van der Waals surface area (Å²) in [5, 5.41) is 10.3. The molecule has 3 rings (SSSR count). The number of aliphatic carboxylic acids is 1. The number of unbranched alkanes of at least 4 members (excludes halogenated alkanes) is 2. The first-order chi connectivity index (χ1) is 15.4. The average molecular weight is 483 g/mol. The molecule has 0 aliphatic rings. The van der Waals surface area contributed by atoms with Crippen molar-refractivity contribution in [1.29, 1.82) is 0 Å². The lowest BCUT2D eigenvalue weighted by molar-refractivity contribution is -0.141. The minimum absolute atomic E-state index is 0.511. The highest BCUT2D eigenvalue weighted by atomic mass is 32.1. The van der Waals surface area contributed by atoms with Gasteiger partial charge in [0.05, 0.1) is 5.41 Å². The summed E-state index contributed by atoms with van der Waals surface area (Å²) in [6, 6.07) is 27.3. The van der Waals surface area contributed by atoms with E-state index < -0.39 is 21.4 Å². The Balaban J connectivity index is 2.45. The van der Waals surface area contributed by atoms with Crippen LogP contribution < -0.4 is 0 Å². The summed E-state index contributed by atoms with van der Waals surface area (Å²) in [5.74, 6) is -0.998. The number of carboxylic acids is 1. The Bertz CT molecular complexity index is 984. The SMILES string of the molecule is CCCCCC(S)C(S)(C(=O)O)C(c1ccccc1)(c1ccccc1)c1ccccc1S. The van der Waals surface area contributed by atoms with Gasteiger partial charge in [-0.2, -0.15) is 25.3 Å². The second-order valence-corrected chi connectivity index (χ2v) is 9.89. The molecule has 0 aromatic heterocycles. The molecule has 0 fully saturated rings. The Morgan fingerprint density at radius 3 is 1.84 bits per heavy atom. The number of hydrogen-bond acceptors (Lipinski definition) is 4. The van der Waals surface area contributed by atoms with Gasteiger partial charge in [-0.15, -0.1) is 12.6 Å². The second-order valence-electron chi connectivity index (χ2n) is 8.08. The van der Waals surface area contributed by atoms with Crippen LogP contribution in [0, 0.1) is 0 Å². The predicted molar refractivity (Wildman–Crippen MR) is 143 cm³/mol. The summed E-state index contributed by atoms with van der Waals surface area (Å²) in [5.41, 5.74) is 1.37. The molecule has 0 heterocycles. The lowest BCUT2D eigenvalue weighted by atomic mass is 9.59. The molecule has 0 saturated carbocycles. The van der Waals surface area contributed by atoms with Gasteiger partial charge in [-0.25, -0.2) is 0 Å². The Kier molecular flexibility index (Phi) is 8.43. The van der Waals surface area contributed by atoms with E-state index in [0.29, 0.717) is 11.3 Å². The van der Waals surface area contributed by atoms with E-state index in [0.717, 1.165) is 36.0 Å². The van der Waals surface area contributed by atoms with Crippen LogP contribution in [0.1, 0.15) is 49.3 Å². The fraction of sp³-hybridized carbons (Fsp3) is 0.296. The molecular formula is C27H30O2S3. The Labute approximate surface area is 207 Å². The van der Waals surface area contributed by atoms with E-state index in [9.17, 15) is 9.90 Å². The summed E-state index contributed by atoms with van der Waals surface area (Å²) in [6.07, 6.45) is 3.60. The van der Waals surface area contributed by atoms with Gasteiger partial charge in [0.15, 0.2) is 0 Å². The van der Waals surface area contributed by atoms with Crippen LogP contribution in [0.5, 0.6) is 0 Å². The highest BCUT2D eigenvalue weighted by Crippen LogP contribution is 2.55. The predicted octanol–water partition coefficient (Wildman–Crippen LogP) is 6.94. The van der Waals surface area contributed by atoms with Crippen LogP contribution in [-0.2, 0) is 10.2 Å². The maximum atomic E-state index is 13.2. The largest absolute Gasteiger partial charge is 0.480 e. The molecule has 0 saturated heterocycles. The lowest BCUT2D eigenvalue weighted by Gasteiger charge is -2.49. The molecule has 0 amide bonds. The highest BCUT2D eigenvalue weighted by molar-refractivity contribution is 7.86. The van der Waals surface area contributed by atoms with Crippen molar-refractivity contribution >= 4 is 43.9 Å². The Morgan fingerprint density at radius 2 is 1.38 bits per heavy atom. The Morgan fingerprint density at radius 1 is 0.875 bits per heavy atom. The molecule has 0 aliphatic heterocycles. The molecule has 32 heavy (non-hydrogen) atoms. The van der Waals surface area contributed by atoms with Gasteiger partial charge < -0.3 is 5.11 Å². The molecular weight excluding hydrogens is 452 g/mol. The first kappa shape index (κ1) is 24.8. The summed E-state index contributed by atoms with van der Waals surface area (Å²) < 4.78 is -1.55. The molecule has 0 bridgehead atoms. The molecule has 3 aromatic rings. The molecule has 1 N–H and O–H groups in total. The molecule has 2 nitrogen and oxygen atoms in total. The van der Waals surface area contributed by atoms with Gasteiger partial charge in [0.1, 0.15) is 4.75 Å². The zero-order valence-electron chi connectivity index (χ0n) is 18.2. The van der Waals surface area contributed by atoms with Gasteiger partial charge in [-0.1, -0.05) is 105 Å². The minimum Gasteiger partial charge on any atom is -0.480 e. The van der Waals surface area contributed by atoms with Crippen LogP contribution >= 0.6 is 37.9 Å². The Hall–Kier alpha value is -1.82. The zero-order chi connectivity index (χ0) is 23.2. The number of rotatable bonds is 10. The first-order valence-electron chi connectivity index (χ1n) is 10.9. The quantitative estimate of drug-likeness (QED) is 0.143. The van der Waals surface area contributed by atoms with Crippen molar-refractivity contribution in [3.63, 3.8) is 0 Å². The van der Waals surface area contributed by atoms with Gasteiger partial charge in [0.25, 0.3) is 0 Å². The van der Waals surface area contributed by atoms with E-state index >= 15 is 0 Å². The average Bonchev–Trinajstić information content (AvgIpc) is 2.82. The summed E-state index contributed by atoms with van der Waals surface area (Å²) in [7, 11) is 0. The molecule has 0 aliphatic carbocycles. The van der Waals surface area contributed by atoms with Crippen molar-refractivity contribution in [2.24, 2.45) is 0 Å². The molecule has 2 unspecified atom stereocenters. The van der Waals surface area contributed by atoms with Crippen molar-refractivity contribution in [3.05, 3.63) is 102 Å². The van der Waals surface area contributed by atoms with Crippen molar-refractivity contribution < 1.29 is 9.90 Å². The first-order valence-corrected chi connectivity index (χ1v) is 12.3. The zero-order valence-corrected chi connectivity index (χ0v) is 20.9. The molecule has 3 aromatic carbocycles. The van der Waals surface area contributed by atoms with Gasteiger partial charge in [-0.3, -0.25) is 4.79 Å². The van der Waals surface area contributed by atoms with E-state index in [1.54, 1.807) is 0 Å². The van der Waals surface area contributed by atoms with Gasteiger partial charge in [-0.05, 0) is 29.2 Å². The van der Waals surface area contributed by atoms with Crippen LogP contribution in [0.15, 0.2) is 89.8 Å². The number of carboxylic acid groups (broad SMARTS) is 1. The lowest BCUT2D eigenvalue weighted by Crippen LogP contribution is -2.60. The molecule has 5 heteroatoms. The number of hydrogen-bond donors (Lipinski definition) is 4. The van der Waals surface area contributed by atoms with Crippen molar-refractivity contribution in [1.82, 2.24) is 0 Å². The standard InChI is InChI=1S/C27H30O2S3/c1-2-3-6-19-24(31)27(32,25(28)29)26(20-13-7-4-8-14-20,21-15-9-5-10-16-21)22-17-11-12-18-23(22)30/h4-5,7-18,24,30-32H,2-3,6,19H2,1H3,(H,28,29). The molecule has 2 atom stereocenters. The van der Waals surface area contributed by atoms with Gasteiger partial charge >= 0.3 is 5.97 Å². The summed E-state index contributed by atoms with van der Waals surface area (Å²) >= 11 is 14.8. The van der Waals surface area contributed by atoms with Crippen LogP contribution in [0.3, 0.4) is 0 Å². The van der Waals surface area contributed by atoms with Gasteiger partial charge in [0.2, 0.25) is 0 Å². The van der Waals surface area contributed by atoms with E-state index in [1.165, 1.54) is 0 Å². The fourth-order valence-electron chi connectivity index (χ4n) is 4.64. The van der Waals surface area contributed by atoms with E-state index in [-0.39, 0.29) is 0 Å².